The first-order valence-corrected chi connectivity index (χ1v) is 6.06. The van der Waals surface area contributed by atoms with E-state index >= 15 is 0 Å². The monoisotopic (exact) mass is 231 g/mol. The van der Waals surface area contributed by atoms with E-state index in [0.29, 0.717) is 6.61 Å². The van der Waals surface area contributed by atoms with Crippen LogP contribution in [-0.2, 0) is 11.3 Å². The molecule has 2 unspecified atom stereocenters. The lowest BCUT2D eigenvalue weighted by Crippen LogP contribution is -2.31. The van der Waals surface area contributed by atoms with Gasteiger partial charge in [-0.05, 0) is 31.4 Å². The summed E-state index contributed by atoms with van der Waals surface area (Å²) in [5.41, 5.74) is 5.90. The highest BCUT2D eigenvalue weighted by Gasteiger charge is 2.24. The van der Waals surface area contributed by atoms with Gasteiger partial charge in [-0.15, -0.1) is 11.3 Å². The van der Waals surface area contributed by atoms with Crippen molar-refractivity contribution in [3.05, 3.63) is 21.3 Å². The van der Waals surface area contributed by atoms with Crippen LogP contribution >= 0.6 is 22.9 Å². The number of hydrogen-bond acceptors (Lipinski definition) is 3. The van der Waals surface area contributed by atoms with Gasteiger partial charge < -0.3 is 10.5 Å². The molecular formula is C10H14ClNOS. The van der Waals surface area contributed by atoms with E-state index in [1.54, 1.807) is 11.3 Å². The molecule has 0 aromatic carbocycles. The van der Waals surface area contributed by atoms with Gasteiger partial charge in [-0.25, -0.2) is 0 Å². The molecule has 14 heavy (non-hydrogen) atoms. The fraction of sp³-hybridized carbons (Fsp3) is 0.600. The Balaban J connectivity index is 1.82. The molecular weight excluding hydrogens is 218 g/mol. The molecule has 2 atom stereocenters. The third kappa shape index (κ3) is 2.48. The third-order valence-corrected chi connectivity index (χ3v) is 3.78. The Kier molecular flexibility index (Phi) is 3.44. The first-order chi connectivity index (χ1) is 6.75. The van der Waals surface area contributed by atoms with E-state index in [1.165, 1.54) is 11.3 Å². The largest absolute Gasteiger partial charge is 0.371 e. The summed E-state index contributed by atoms with van der Waals surface area (Å²) in [6, 6.07) is 4.14. The molecule has 1 fully saturated rings. The quantitative estimate of drug-likeness (QED) is 0.868. The first-order valence-electron chi connectivity index (χ1n) is 4.87. The molecule has 1 aromatic heterocycles. The standard InChI is InChI=1S/C10H14ClNOS/c11-10-5-4-7(14-10)6-13-9-3-1-2-8(9)12/h4-5,8-9H,1-3,6,12H2. The fourth-order valence-corrected chi connectivity index (χ4v) is 2.79. The van der Waals surface area contributed by atoms with Crippen LogP contribution in [-0.4, -0.2) is 12.1 Å². The summed E-state index contributed by atoms with van der Waals surface area (Å²) in [5.74, 6) is 0. The van der Waals surface area contributed by atoms with Crippen LogP contribution in [0.25, 0.3) is 0 Å². The van der Waals surface area contributed by atoms with Gasteiger partial charge in [0.15, 0.2) is 0 Å². The van der Waals surface area contributed by atoms with Crippen molar-refractivity contribution in [1.82, 2.24) is 0 Å². The van der Waals surface area contributed by atoms with Gasteiger partial charge >= 0.3 is 0 Å². The van der Waals surface area contributed by atoms with Gasteiger partial charge in [-0.2, -0.15) is 0 Å². The Bertz CT molecular complexity index is 302. The predicted molar refractivity (Wildman–Crippen MR) is 59.7 cm³/mol. The van der Waals surface area contributed by atoms with E-state index in [9.17, 15) is 0 Å². The summed E-state index contributed by atoms with van der Waals surface area (Å²) in [4.78, 5) is 1.18. The summed E-state index contributed by atoms with van der Waals surface area (Å²) in [5, 5.41) is 0. The van der Waals surface area contributed by atoms with Gasteiger partial charge in [0, 0.05) is 10.9 Å². The number of hydrogen-bond donors (Lipinski definition) is 1. The average Bonchev–Trinajstić information content (AvgIpc) is 2.72. The molecule has 1 saturated carbocycles. The van der Waals surface area contributed by atoms with Crippen molar-refractivity contribution < 1.29 is 4.74 Å². The van der Waals surface area contributed by atoms with Crippen molar-refractivity contribution in [3.8, 4) is 0 Å². The SMILES string of the molecule is NC1CCCC1OCc1ccc(Cl)s1. The lowest BCUT2D eigenvalue weighted by Gasteiger charge is -2.15. The summed E-state index contributed by atoms with van der Waals surface area (Å²) in [7, 11) is 0. The van der Waals surface area contributed by atoms with E-state index < -0.39 is 0 Å². The van der Waals surface area contributed by atoms with Crippen LogP contribution < -0.4 is 5.73 Å². The Hall–Kier alpha value is -0.0900. The molecule has 0 saturated heterocycles. The second-order valence-electron chi connectivity index (χ2n) is 3.65. The maximum atomic E-state index is 5.90. The summed E-state index contributed by atoms with van der Waals surface area (Å²) < 4.78 is 6.56. The van der Waals surface area contributed by atoms with Crippen molar-refractivity contribution in [2.75, 3.05) is 0 Å². The smallest absolute Gasteiger partial charge is 0.0932 e. The van der Waals surface area contributed by atoms with Crippen LogP contribution in [0.15, 0.2) is 12.1 Å². The molecule has 0 amide bonds. The summed E-state index contributed by atoms with van der Waals surface area (Å²) in [6.45, 7) is 0.649. The highest BCUT2D eigenvalue weighted by molar-refractivity contribution is 7.16. The van der Waals surface area contributed by atoms with E-state index in [0.717, 1.165) is 17.2 Å². The summed E-state index contributed by atoms with van der Waals surface area (Å²) >= 11 is 7.39. The number of nitrogens with two attached hydrogens (primary N) is 1. The van der Waals surface area contributed by atoms with Crippen LogP contribution in [0.1, 0.15) is 24.1 Å². The lowest BCUT2D eigenvalue weighted by atomic mass is 10.2. The number of rotatable bonds is 3. The molecule has 4 heteroatoms. The highest BCUT2D eigenvalue weighted by Crippen LogP contribution is 2.25. The normalized spacial score (nSPS) is 27.0. The zero-order valence-corrected chi connectivity index (χ0v) is 9.48. The number of ether oxygens (including phenoxy) is 1. The molecule has 78 valence electrons. The maximum Gasteiger partial charge on any atom is 0.0932 e. The van der Waals surface area contributed by atoms with Crippen molar-refractivity contribution in [1.29, 1.82) is 0 Å². The first kappa shape index (κ1) is 10.4. The van der Waals surface area contributed by atoms with Crippen molar-refractivity contribution in [3.63, 3.8) is 0 Å². The topological polar surface area (TPSA) is 35.2 Å². The highest BCUT2D eigenvalue weighted by atomic mass is 35.5. The zero-order chi connectivity index (χ0) is 9.97. The molecule has 1 aliphatic carbocycles. The molecule has 1 aliphatic rings. The molecule has 2 nitrogen and oxygen atoms in total. The zero-order valence-electron chi connectivity index (χ0n) is 7.91. The predicted octanol–water partition coefficient (Wildman–Crippen LogP) is 2.80. The summed E-state index contributed by atoms with van der Waals surface area (Å²) in [6.07, 6.45) is 3.63. The van der Waals surface area contributed by atoms with Gasteiger partial charge in [0.05, 0.1) is 17.0 Å². The van der Waals surface area contributed by atoms with Crippen molar-refractivity contribution >= 4 is 22.9 Å². The molecule has 0 radical (unpaired) electrons. The Morgan fingerprint density at radius 1 is 1.50 bits per heavy atom. The number of thiophene rings is 1. The van der Waals surface area contributed by atoms with Gasteiger partial charge in [-0.3, -0.25) is 0 Å². The third-order valence-electron chi connectivity index (χ3n) is 2.57. The van der Waals surface area contributed by atoms with Gasteiger partial charge in [0.1, 0.15) is 0 Å². The van der Waals surface area contributed by atoms with Crippen LogP contribution in [0.4, 0.5) is 0 Å². The van der Waals surface area contributed by atoms with Crippen molar-refractivity contribution in [2.45, 2.75) is 38.0 Å². The van der Waals surface area contributed by atoms with E-state index in [4.69, 9.17) is 22.1 Å². The Morgan fingerprint density at radius 3 is 2.93 bits per heavy atom. The van der Waals surface area contributed by atoms with Crippen LogP contribution in [0.3, 0.4) is 0 Å². The van der Waals surface area contributed by atoms with Crippen molar-refractivity contribution in [2.24, 2.45) is 5.73 Å². The molecule has 0 aliphatic heterocycles. The molecule has 0 bridgehead atoms. The second-order valence-corrected chi connectivity index (χ2v) is 5.45. The lowest BCUT2D eigenvalue weighted by molar-refractivity contribution is 0.0372. The van der Waals surface area contributed by atoms with Crippen LogP contribution in [0, 0.1) is 0 Å². The van der Waals surface area contributed by atoms with E-state index in [-0.39, 0.29) is 12.1 Å². The maximum absolute atomic E-state index is 5.90. The van der Waals surface area contributed by atoms with E-state index in [1.807, 2.05) is 12.1 Å². The molecule has 1 heterocycles. The molecule has 0 spiro atoms. The molecule has 1 aromatic rings. The minimum atomic E-state index is 0.227. The fourth-order valence-electron chi connectivity index (χ4n) is 1.78. The van der Waals surface area contributed by atoms with Gasteiger partial charge in [-0.1, -0.05) is 11.6 Å². The minimum Gasteiger partial charge on any atom is -0.371 e. The van der Waals surface area contributed by atoms with Crippen LogP contribution in [0.2, 0.25) is 4.34 Å². The van der Waals surface area contributed by atoms with Crippen LogP contribution in [0.5, 0.6) is 0 Å². The average molecular weight is 232 g/mol. The number of halogens is 1. The van der Waals surface area contributed by atoms with Gasteiger partial charge in [0.25, 0.3) is 0 Å². The molecule has 2 N–H and O–H groups in total. The van der Waals surface area contributed by atoms with Gasteiger partial charge in [0.2, 0.25) is 0 Å². The Morgan fingerprint density at radius 2 is 2.36 bits per heavy atom. The molecule has 2 rings (SSSR count). The Labute approximate surface area is 93.0 Å². The second kappa shape index (κ2) is 4.62. The van der Waals surface area contributed by atoms with E-state index in [2.05, 4.69) is 0 Å². The minimum absolute atomic E-state index is 0.227.